The van der Waals surface area contributed by atoms with E-state index >= 15 is 4.39 Å². The van der Waals surface area contributed by atoms with E-state index in [1.165, 1.54) is 27.9 Å². The third kappa shape index (κ3) is 6.96. The highest BCUT2D eigenvalue weighted by Gasteiger charge is 2.32. The molecule has 1 aliphatic rings. The van der Waals surface area contributed by atoms with Crippen LogP contribution in [0.3, 0.4) is 0 Å². The number of benzene rings is 2. The number of anilines is 3. The molecule has 0 saturated heterocycles. The lowest BCUT2D eigenvalue weighted by atomic mass is 9.96. The lowest BCUT2D eigenvalue weighted by Gasteiger charge is -2.29. The van der Waals surface area contributed by atoms with E-state index < -0.39 is 53.4 Å². The van der Waals surface area contributed by atoms with Crippen molar-refractivity contribution in [2.45, 2.75) is 45.6 Å². The molecule has 47 heavy (non-hydrogen) atoms. The minimum Gasteiger partial charge on any atom is -0.444 e. The molecule has 0 saturated carbocycles. The van der Waals surface area contributed by atoms with E-state index in [1.54, 1.807) is 26.8 Å². The Morgan fingerprint density at radius 2 is 1.77 bits per heavy atom. The molecule has 0 unspecified atom stereocenters. The van der Waals surface area contributed by atoms with Crippen LogP contribution in [0.25, 0.3) is 22.2 Å². The molecule has 2 aromatic heterocycles. The molecule has 0 spiro atoms. The van der Waals surface area contributed by atoms with Crippen LogP contribution in [-0.4, -0.2) is 55.4 Å². The number of hydrogen-bond donors (Lipinski definition) is 4. The number of carbonyl (C=O) groups is 2. The first-order valence-corrected chi connectivity index (χ1v) is 14.2. The average Bonchev–Trinajstić information content (AvgIpc) is 3.33. The second-order valence-corrected chi connectivity index (χ2v) is 11.6. The van der Waals surface area contributed by atoms with Crippen LogP contribution in [0.15, 0.2) is 48.8 Å². The molecule has 11 nitrogen and oxygen atoms in total. The largest absolute Gasteiger partial charge is 0.444 e. The van der Waals surface area contributed by atoms with E-state index in [2.05, 4.69) is 15.4 Å². The predicted molar refractivity (Wildman–Crippen MR) is 163 cm³/mol. The van der Waals surface area contributed by atoms with Gasteiger partial charge in [-0.25, -0.2) is 27.9 Å². The summed E-state index contributed by atoms with van der Waals surface area (Å²) in [5, 5.41) is 19.0. The molecular formula is C31H30F5N7O4. The van der Waals surface area contributed by atoms with Gasteiger partial charge < -0.3 is 31.1 Å². The van der Waals surface area contributed by atoms with Crippen molar-refractivity contribution in [3.63, 3.8) is 0 Å². The summed E-state index contributed by atoms with van der Waals surface area (Å²) >= 11 is 0. The Morgan fingerprint density at radius 3 is 2.38 bits per heavy atom. The third-order valence-corrected chi connectivity index (χ3v) is 7.23. The minimum absolute atomic E-state index is 0.0350. The first-order chi connectivity index (χ1) is 22.1. The number of urea groups is 1. The van der Waals surface area contributed by atoms with Crippen molar-refractivity contribution in [2.75, 3.05) is 29.5 Å². The number of aliphatic hydroxyl groups is 1. The topological polar surface area (TPSA) is 147 Å². The minimum atomic E-state index is -4.78. The van der Waals surface area contributed by atoms with Crippen LogP contribution < -0.4 is 16.4 Å². The first-order valence-electron chi connectivity index (χ1n) is 14.2. The van der Waals surface area contributed by atoms with Crippen molar-refractivity contribution in [1.82, 2.24) is 19.5 Å². The molecule has 5 N–H and O–H groups in total. The van der Waals surface area contributed by atoms with Crippen molar-refractivity contribution in [3.05, 3.63) is 77.3 Å². The Bertz CT molecular complexity index is 1900. The van der Waals surface area contributed by atoms with Gasteiger partial charge in [0.25, 0.3) is 0 Å². The van der Waals surface area contributed by atoms with Gasteiger partial charge in [0.1, 0.15) is 29.1 Å². The number of carbonyl (C=O) groups excluding carboxylic acids is 2. The van der Waals surface area contributed by atoms with Gasteiger partial charge in [-0.3, -0.25) is 0 Å². The fourth-order valence-electron chi connectivity index (χ4n) is 5.18. The second kappa shape index (κ2) is 12.5. The van der Waals surface area contributed by atoms with Crippen LogP contribution in [0.4, 0.5) is 48.7 Å². The summed E-state index contributed by atoms with van der Waals surface area (Å²) in [4.78, 5) is 30.7. The molecule has 3 amide bonds. The SMILES string of the molecule is CC(C)(C)OC(=O)N1CC=C(c2c(CO)c(-c3ccc(NC(=O)Nc4cc(C(F)(F)F)ccc4F)c(F)c3)c3c(N)ncnn23)CC1. The number of amides is 3. The Morgan fingerprint density at radius 1 is 1.04 bits per heavy atom. The van der Waals surface area contributed by atoms with Gasteiger partial charge in [0.2, 0.25) is 0 Å². The van der Waals surface area contributed by atoms with Crippen LogP contribution in [0.5, 0.6) is 0 Å². The maximum Gasteiger partial charge on any atom is 0.416 e. The quantitative estimate of drug-likeness (QED) is 0.181. The lowest BCUT2D eigenvalue weighted by Crippen LogP contribution is -2.39. The Labute approximate surface area is 264 Å². The summed E-state index contributed by atoms with van der Waals surface area (Å²) in [5.74, 6) is -2.04. The number of hydrogen-bond acceptors (Lipinski definition) is 7. The van der Waals surface area contributed by atoms with E-state index in [4.69, 9.17) is 10.5 Å². The van der Waals surface area contributed by atoms with Crippen molar-refractivity contribution in [1.29, 1.82) is 0 Å². The van der Waals surface area contributed by atoms with Gasteiger partial charge in [0, 0.05) is 24.2 Å². The number of aliphatic hydroxyl groups excluding tert-OH is 1. The van der Waals surface area contributed by atoms with Crippen molar-refractivity contribution < 1.29 is 41.4 Å². The molecule has 1 aliphatic heterocycles. The summed E-state index contributed by atoms with van der Waals surface area (Å²) in [6.45, 7) is 5.33. The van der Waals surface area contributed by atoms with Crippen LogP contribution in [0.1, 0.15) is 44.0 Å². The van der Waals surface area contributed by atoms with E-state index in [0.717, 1.165) is 11.6 Å². The fourth-order valence-corrected chi connectivity index (χ4v) is 5.18. The standard InChI is InChI=1S/C31H30F5N7O4/c1-30(2,3)47-29(46)42-10-8-16(9-11-42)25-19(14-44)24(26-27(37)38-15-39-43(25)26)17-4-7-22(21(33)12-17)40-28(45)41-23-13-18(31(34,35)36)5-6-20(23)32/h4-8,12-13,15,44H,9-11,14H2,1-3H3,(H2,37,38,39)(H2,40,41,45). The van der Waals surface area contributed by atoms with Gasteiger partial charge in [-0.1, -0.05) is 12.1 Å². The molecule has 2 aromatic carbocycles. The van der Waals surface area contributed by atoms with Gasteiger partial charge >= 0.3 is 18.3 Å². The summed E-state index contributed by atoms with van der Waals surface area (Å²) in [6, 6.07) is 3.98. The number of nitrogen functional groups attached to an aromatic ring is 1. The number of halogens is 5. The summed E-state index contributed by atoms with van der Waals surface area (Å²) in [7, 11) is 0. The highest BCUT2D eigenvalue weighted by Crippen LogP contribution is 2.40. The predicted octanol–water partition coefficient (Wildman–Crippen LogP) is 6.44. The van der Waals surface area contributed by atoms with Crippen molar-refractivity contribution in [2.24, 2.45) is 0 Å². The molecule has 0 atom stereocenters. The van der Waals surface area contributed by atoms with Gasteiger partial charge in [-0.05, 0) is 68.7 Å². The molecule has 0 radical (unpaired) electrons. The summed E-state index contributed by atoms with van der Waals surface area (Å²) in [6.07, 6.45) is -1.84. The third-order valence-electron chi connectivity index (χ3n) is 7.23. The number of nitrogens with one attached hydrogen (secondary N) is 2. The first kappa shape index (κ1) is 33.1. The zero-order valence-corrected chi connectivity index (χ0v) is 25.4. The lowest BCUT2D eigenvalue weighted by molar-refractivity contribution is -0.137. The van der Waals surface area contributed by atoms with Crippen molar-refractivity contribution >= 4 is 40.4 Å². The normalized spacial score (nSPS) is 13.8. The Balaban J connectivity index is 1.45. The summed E-state index contributed by atoms with van der Waals surface area (Å²) in [5.41, 5.74) is 5.67. The summed E-state index contributed by atoms with van der Waals surface area (Å²) < 4.78 is 75.6. The molecule has 248 valence electrons. The number of fused-ring (bicyclic) bond motifs is 1. The van der Waals surface area contributed by atoms with Gasteiger partial charge in [0.05, 0.1) is 29.2 Å². The molecule has 0 fully saturated rings. The number of nitrogens with zero attached hydrogens (tertiary/aromatic N) is 4. The number of aromatic nitrogens is 3. The number of ether oxygens (including phenoxy) is 1. The Kier molecular flexibility index (Phi) is 8.81. The van der Waals surface area contributed by atoms with E-state index in [1.807, 2.05) is 5.32 Å². The van der Waals surface area contributed by atoms with Gasteiger partial charge in [0.15, 0.2) is 5.82 Å². The second-order valence-electron chi connectivity index (χ2n) is 11.6. The average molecular weight is 660 g/mol. The Hall–Kier alpha value is -5.25. The highest BCUT2D eigenvalue weighted by molar-refractivity contribution is 6.00. The van der Waals surface area contributed by atoms with E-state index in [0.29, 0.717) is 48.0 Å². The highest BCUT2D eigenvalue weighted by atomic mass is 19.4. The van der Waals surface area contributed by atoms with Crippen LogP contribution in [0.2, 0.25) is 0 Å². The van der Waals surface area contributed by atoms with Gasteiger partial charge in [-0.15, -0.1) is 0 Å². The zero-order chi connectivity index (χ0) is 34.3. The van der Waals surface area contributed by atoms with Crippen LogP contribution in [0, 0.1) is 11.6 Å². The number of rotatable bonds is 5. The number of nitrogens with two attached hydrogens (primary N) is 1. The smallest absolute Gasteiger partial charge is 0.416 e. The maximum atomic E-state index is 15.4. The molecule has 16 heteroatoms. The molecule has 4 aromatic rings. The molecule has 3 heterocycles. The molecule has 0 aliphatic carbocycles. The van der Waals surface area contributed by atoms with E-state index in [9.17, 15) is 32.3 Å². The number of alkyl halides is 3. The van der Waals surface area contributed by atoms with Gasteiger partial charge in [-0.2, -0.15) is 18.3 Å². The zero-order valence-electron chi connectivity index (χ0n) is 25.4. The molecule has 0 bridgehead atoms. The maximum absolute atomic E-state index is 15.4. The monoisotopic (exact) mass is 659 g/mol. The van der Waals surface area contributed by atoms with Crippen LogP contribution >= 0.6 is 0 Å². The molecule has 5 rings (SSSR count). The van der Waals surface area contributed by atoms with Crippen LogP contribution in [-0.2, 0) is 17.5 Å². The molecular weight excluding hydrogens is 629 g/mol. The van der Waals surface area contributed by atoms with E-state index in [-0.39, 0.29) is 29.1 Å². The van der Waals surface area contributed by atoms with Crippen molar-refractivity contribution in [3.8, 4) is 11.1 Å². The fraction of sp³-hybridized carbons (Fsp3) is 0.290.